The van der Waals surface area contributed by atoms with Crippen molar-refractivity contribution in [1.82, 2.24) is 20.5 Å². The number of benzene rings is 3. The van der Waals surface area contributed by atoms with Gasteiger partial charge >= 0.3 is 6.03 Å². The SMILES string of the molecule is CCNC(=O)NCc1cccc(-c2ccc([C@H]3O[C@@H](CN(C)CCc4ccccn4)[C@@H](C)[C@@H](c4ccc(CO)cc4)O3)cc2)c1. The molecule has 3 aromatic carbocycles. The summed E-state index contributed by atoms with van der Waals surface area (Å²) in [7, 11) is 2.13. The Morgan fingerprint density at radius 2 is 1.67 bits per heavy atom. The lowest BCUT2D eigenvalue weighted by atomic mass is 9.90. The van der Waals surface area contributed by atoms with Gasteiger partial charge in [-0.15, -0.1) is 0 Å². The topological polar surface area (TPSA) is 96.0 Å². The Morgan fingerprint density at radius 3 is 2.38 bits per heavy atom. The van der Waals surface area contributed by atoms with Gasteiger partial charge in [-0.3, -0.25) is 4.98 Å². The fraction of sp³-hybridized carbons (Fsp3) is 0.351. The van der Waals surface area contributed by atoms with E-state index in [4.69, 9.17) is 9.47 Å². The molecule has 45 heavy (non-hydrogen) atoms. The van der Waals surface area contributed by atoms with Crippen molar-refractivity contribution in [2.24, 2.45) is 5.92 Å². The number of rotatable bonds is 12. The van der Waals surface area contributed by atoms with Crippen molar-refractivity contribution in [1.29, 1.82) is 0 Å². The summed E-state index contributed by atoms with van der Waals surface area (Å²) in [5.41, 5.74) is 7.16. The molecule has 4 aromatic rings. The van der Waals surface area contributed by atoms with Crippen molar-refractivity contribution < 1.29 is 19.4 Å². The number of aromatic nitrogens is 1. The summed E-state index contributed by atoms with van der Waals surface area (Å²) in [6.45, 7) is 6.77. The number of carbonyl (C=O) groups excluding carboxylic acids is 1. The lowest BCUT2D eigenvalue weighted by Crippen LogP contribution is -2.43. The van der Waals surface area contributed by atoms with Gasteiger partial charge in [0.15, 0.2) is 6.29 Å². The molecule has 2 amide bonds. The highest BCUT2D eigenvalue weighted by Crippen LogP contribution is 2.42. The highest BCUT2D eigenvalue weighted by molar-refractivity contribution is 5.73. The Balaban J connectivity index is 1.31. The van der Waals surface area contributed by atoms with Crippen LogP contribution in [0.4, 0.5) is 4.79 Å². The Labute approximate surface area is 266 Å². The fourth-order valence-corrected chi connectivity index (χ4v) is 5.68. The maximum absolute atomic E-state index is 11.8. The molecule has 8 nitrogen and oxygen atoms in total. The van der Waals surface area contributed by atoms with Gasteiger partial charge in [0.25, 0.3) is 0 Å². The van der Waals surface area contributed by atoms with E-state index >= 15 is 0 Å². The second-order valence-corrected chi connectivity index (χ2v) is 11.7. The van der Waals surface area contributed by atoms with Crippen LogP contribution in [0.15, 0.2) is 97.2 Å². The minimum atomic E-state index is -0.528. The molecule has 0 radical (unpaired) electrons. The van der Waals surface area contributed by atoms with Gasteiger partial charge in [0.2, 0.25) is 0 Å². The molecular weight excluding hydrogens is 564 g/mol. The molecule has 0 spiro atoms. The molecule has 3 N–H and O–H groups in total. The van der Waals surface area contributed by atoms with E-state index in [0.717, 1.165) is 58.6 Å². The summed E-state index contributed by atoms with van der Waals surface area (Å²) < 4.78 is 13.3. The Bertz CT molecular complexity index is 1500. The van der Waals surface area contributed by atoms with Crippen LogP contribution in [0.25, 0.3) is 11.1 Å². The summed E-state index contributed by atoms with van der Waals surface area (Å²) in [6.07, 6.45) is 1.95. The van der Waals surface area contributed by atoms with Gasteiger partial charge in [0, 0.05) is 56.0 Å². The van der Waals surface area contributed by atoms with Crippen LogP contribution in [0.2, 0.25) is 0 Å². The van der Waals surface area contributed by atoms with Crippen LogP contribution in [-0.4, -0.2) is 53.8 Å². The molecule has 4 atom stereocenters. The van der Waals surface area contributed by atoms with Gasteiger partial charge in [0.1, 0.15) is 0 Å². The molecule has 5 rings (SSSR count). The van der Waals surface area contributed by atoms with E-state index in [1.807, 2.05) is 61.7 Å². The molecule has 2 heterocycles. The molecule has 1 aromatic heterocycles. The average molecular weight is 609 g/mol. The van der Waals surface area contributed by atoms with Gasteiger partial charge < -0.3 is 30.1 Å². The minimum Gasteiger partial charge on any atom is -0.392 e. The highest BCUT2D eigenvalue weighted by atomic mass is 16.7. The first-order valence-electron chi connectivity index (χ1n) is 15.7. The standard InChI is InChI=1S/C37H44N4O4/c1-4-38-37(43)40-23-28-8-7-9-32(22-28)29-15-17-31(18-16-29)36-44-34(24-41(3)21-19-33-10-5-6-20-39-33)26(2)35(45-36)30-13-11-27(25-42)12-14-30/h5-18,20,22,26,34-36,42H,4,19,21,23-25H2,1-3H3,(H2,38,40,43)/t26-,34+,35+,36+/m1/s1. The number of nitrogens with one attached hydrogen (secondary N) is 2. The van der Waals surface area contributed by atoms with E-state index in [1.165, 1.54) is 0 Å². The quantitative estimate of drug-likeness (QED) is 0.182. The highest BCUT2D eigenvalue weighted by Gasteiger charge is 2.38. The number of carbonyl (C=O) groups is 1. The summed E-state index contributed by atoms with van der Waals surface area (Å²) in [4.78, 5) is 18.6. The summed E-state index contributed by atoms with van der Waals surface area (Å²) in [5, 5.41) is 15.2. The van der Waals surface area contributed by atoms with Gasteiger partial charge in [-0.2, -0.15) is 0 Å². The average Bonchev–Trinajstić information content (AvgIpc) is 3.08. The Hall–Kier alpha value is -4.08. The van der Waals surface area contributed by atoms with E-state index in [2.05, 4.69) is 77.0 Å². The van der Waals surface area contributed by atoms with Crippen molar-refractivity contribution in [2.45, 2.75) is 51.9 Å². The summed E-state index contributed by atoms with van der Waals surface area (Å²) in [5.74, 6) is 0.105. The van der Waals surface area contributed by atoms with E-state index in [1.54, 1.807) is 0 Å². The molecule has 0 unspecified atom stereocenters. The van der Waals surface area contributed by atoms with Gasteiger partial charge in [0.05, 0.1) is 18.8 Å². The molecule has 8 heteroatoms. The second kappa shape index (κ2) is 15.8. The Morgan fingerprint density at radius 1 is 0.889 bits per heavy atom. The first-order chi connectivity index (χ1) is 21.9. The molecule has 0 saturated carbocycles. The van der Waals surface area contributed by atoms with Crippen LogP contribution >= 0.6 is 0 Å². The third kappa shape index (κ3) is 8.77. The van der Waals surface area contributed by atoms with Crippen LogP contribution in [0.3, 0.4) is 0 Å². The maximum atomic E-state index is 11.8. The van der Waals surface area contributed by atoms with Crippen LogP contribution in [0.5, 0.6) is 0 Å². The van der Waals surface area contributed by atoms with Crippen molar-refractivity contribution in [2.75, 3.05) is 26.7 Å². The van der Waals surface area contributed by atoms with Gasteiger partial charge in [-0.25, -0.2) is 4.79 Å². The number of likely N-dealkylation sites (N-methyl/N-ethyl adjacent to an activating group) is 1. The largest absolute Gasteiger partial charge is 0.392 e. The number of pyridine rings is 1. The zero-order valence-corrected chi connectivity index (χ0v) is 26.4. The van der Waals surface area contributed by atoms with E-state index in [9.17, 15) is 9.90 Å². The first kappa shape index (κ1) is 32.3. The molecule has 1 aliphatic rings. The van der Waals surface area contributed by atoms with Gasteiger partial charge in [-0.1, -0.05) is 79.7 Å². The van der Waals surface area contributed by atoms with E-state index in [-0.39, 0.29) is 30.8 Å². The van der Waals surface area contributed by atoms with Crippen LogP contribution in [0, 0.1) is 5.92 Å². The maximum Gasteiger partial charge on any atom is 0.315 e. The zero-order chi connectivity index (χ0) is 31.6. The third-order valence-electron chi connectivity index (χ3n) is 8.32. The molecule has 0 bridgehead atoms. The van der Waals surface area contributed by atoms with Crippen molar-refractivity contribution >= 4 is 6.03 Å². The van der Waals surface area contributed by atoms with E-state index < -0.39 is 6.29 Å². The minimum absolute atomic E-state index is 0.0107. The summed E-state index contributed by atoms with van der Waals surface area (Å²) >= 11 is 0. The van der Waals surface area contributed by atoms with Gasteiger partial charge in [-0.05, 0) is 60.0 Å². The monoisotopic (exact) mass is 608 g/mol. The lowest BCUT2D eigenvalue weighted by molar-refractivity contribution is -0.275. The number of nitrogens with zero attached hydrogens (tertiary/aromatic N) is 2. The number of urea groups is 1. The molecule has 236 valence electrons. The van der Waals surface area contributed by atoms with Crippen LogP contribution < -0.4 is 10.6 Å². The molecule has 1 fully saturated rings. The predicted molar refractivity (Wildman–Crippen MR) is 176 cm³/mol. The number of hydrogen-bond acceptors (Lipinski definition) is 6. The number of aliphatic hydroxyl groups excluding tert-OH is 1. The zero-order valence-electron chi connectivity index (χ0n) is 26.4. The van der Waals surface area contributed by atoms with Crippen molar-refractivity contribution in [3.05, 3.63) is 125 Å². The first-order valence-corrected chi connectivity index (χ1v) is 15.7. The van der Waals surface area contributed by atoms with Crippen molar-refractivity contribution in [3.63, 3.8) is 0 Å². The number of amides is 2. The molecule has 1 aliphatic heterocycles. The smallest absolute Gasteiger partial charge is 0.315 e. The predicted octanol–water partition coefficient (Wildman–Crippen LogP) is 6.03. The lowest BCUT2D eigenvalue weighted by Gasteiger charge is -2.42. The number of ether oxygens (including phenoxy) is 2. The van der Waals surface area contributed by atoms with Crippen LogP contribution in [0.1, 0.15) is 54.2 Å². The van der Waals surface area contributed by atoms with E-state index in [0.29, 0.717) is 13.1 Å². The fourth-order valence-electron chi connectivity index (χ4n) is 5.68. The third-order valence-corrected chi connectivity index (χ3v) is 8.32. The Kier molecular flexibility index (Phi) is 11.3. The molecule has 0 aliphatic carbocycles. The summed E-state index contributed by atoms with van der Waals surface area (Å²) in [6, 6.07) is 30.4. The van der Waals surface area contributed by atoms with Crippen LogP contribution in [-0.2, 0) is 29.0 Å². The van der Waals surface area contributed by atoms with Crippen molar-refractivity contribution in [3.8, 4) is 11.1 Å². The number of hydrogen-bond donors (Lipinski definition) is 3. The number of aliphatic hydroxyl groups is 1. The molecule has 1 saturated heterocycles. The second-order valence-electron chi connectivity index (χ2n) is 11.7. The molecular formula is C37H44N4O4. The normalized spacial score (nSPS) is 19.8.